The van der Waals surface area contributed by atoms with E-state index in [4.69, 9.17) is 0 Å². The van der Waals surface area contributed by atoms with Crippen LogP contribution in [-0.4, -0.2) is 41.7 Å². The SMILES string of the molecule is C=C[C@H]1CN2CC[C@H]1C[C@H]2[C@@]1(CCO)C(=O)Nc2ccccc21. The van der Waals surface area contributed by atoms with Gasteiger partial charge in [-0.25, -0.2) is 0 Å². The molecule has 4 aliphatic rings. The van der Waals surface area contributed by atoms with Crippen LogP contribution in [0.4, 0.5) is 5.69 Å². The second-order valence-corrected chi connectivity index (χ2v) is 7.14. The fraction of sp³-hybridized carbons (Fsp3) is 0.526. The van der Waals surface area contributed by atoms with Gasteiger partial charge in [-0.3, -0.25) is 9.69 Å². The largest absolute Gasteiger partial charge is 0.396 e. The van der Waals surface area contributed by atoms with Crippen molar-refractivity contribution in [2.24, 2.45) is 11.8 Å². The van der Waals surface area contributed by atoms with Gasteiger partial charge in [0.2, 0.25) is 5.91 Å². The highest BCUT2D eigenvalue weighted by Crippen LogP contribution is 2.50. The number of aliphatic hydroxyl groups is 1. The van der Waals surface area contributed by atoms with Crippen LogP contribution in [0.2, 0.25) is 0 Å². The first-order valence-corrected chi connectivity index (χ1v) is 8.59. The number of rotatable bonds is 4. The number of nitrogens with zero attached hydrogens (tertiary/aromatic N) is 1. The molecule has 5 atom stereocenters. The molecule has 5 rings (SSSR count). The van der Waals surface area contributed by atoms with Crippen LogP contribution >= 0.6 is 0 Å². The number of fused-ring (bicyclic) bond motifs is 4. The number of amides is 1. The third kappa shape index (κ3) is 2.01. The normalized spacial score (nSPS) is 38.2. The number of nitrogens with one attached hydrogen (secondary N) is 1. The fourth-order valence-electron chi connectivity index (χ4n) is 5.11. The minimum Gasteiger partial charge on any atom is -0.396 e. The lowest BCUT2D eigenvalue weighted by Crippen LogP contribution is -2.62. The summed E-state index contributed by atoms with van der Waals surface area (Å²) in [5.74, 6) is 1.20. The van der Waals surface area contributed by atoms with E-state index in [9.17, 15) is 9.90 Å². The van der Waals surface area contributed by atoms with Gasteiger partial charge in [0.15, 0.2) is 0 Å². The summed E-state index contributed by atoms with van der Waals surface area (Å²) in [5.41, 5.74) is 1.36. The summed E-state index contributed by atoms with van der Waals surface area (Å²) < 4.78 is 0. The van der Waals surface area contributed by atoms with E-state index < -0.39 is 5.41 Å². The molecule has 0 radical (unpaired) electrons. The van der Waals surface area contributed by atoms with Gasteiger partial charge in [0, 0.05) is 24.9 Å². The first-order chi connectivity index (χ1) is 11.2. The van der Waals surface area contributed by atoms with Gasteiger partial charge in [0.1, 0.15) is 0 Å². The number of piperidine rings is 3. The molecule has 4 heteroatoms. The number of anilines is 1. The second kappa shape index (κ2) is 5.46. The van der Waals surface area contributed by atoms with Crippen molar-refractivity contribution in [2.75, 3.05) is 25.0 Å². The van der Waals surface area contributed by atoms with E-state index >= 15 is 0 Å². The van der Waals surface area contributed by atoms with Gasteiger partial charge in [-0.15, -0.1) is 6.58 Å². The Morgan fingerprint density at radius 3 is 2.96 bits per heavy atom. The number of para-hydroxylation sites is 1. The van der Waals surface area contributed by atoms with Crippen LogP contribution in [0.15, 0.2) is 36.9 Å². The Labute approximate surface area is 137 Å². The lowest BCUT2D eigenvalue weighted by molar-refractivity contribution is -0.127. The molecule has 1 aromatic carbocycles. The summed E-state index contributed by atoms with van der Waals surface area (Å²) in [4.78, 5) is 15.5. The van der Waals surface area contributed by atoms with E-state index in [1.54, 1.807) is 0 Å². The van der Waals surface area contributed by atoms with Crippen LogP contribution in [0, 0.1) is 11.8 Å². The van der Waals surface area contributed by atoms with Crippen LogP contribution < -0.4 is 5.32 Å². The van der Waals surface area contributed by atoms with Crippen molar-refractivity contribution in [1.29, 1.82) is 0 Å². The highest BCUT2D eigenvalue weighted by Gasteiger charge is 2.56. The molecule has 3 saturated heterocycles. The molecule has 0 saturated carbocycles. The molecule has 0 aromatic heterocycles. The van der Waals surface area contributed by atoms with Crippen LogP contribution in [0.1, 0.15) is 24.8 Å². The predicted octanol–water partition coefficient (Wildman–Crippen LogP) is 2.16. The first-order valence-electron chi connectivity index (χ1n) is 8.59. The lowest BCUT2D eigenvalue weighted by Gasteiger charge is -2.54. The molecule has 122 valence electrons. The van der Waals surface area contributed by atoms with Crippen molar-refractivity contribution < 1.29 is 9.90 Å². The summed E-state index contributed by atoms with van der Waals surface area (Å²) in [5, 5.41) is 12.8. The molecule has 1 amide bonds. The Hall–Kier alpha value is -1.65. The molecule has 2 N–H and O–H groups in total. The summed E-state index contributed by atoms with van der Waals surface area (Å²) in [6, 6.07) is 8.14. The molecule has 4 nitrogen and oxygen atoms in total. The average molecular weight is 312 g/mol. The molecular formula is C19H24N2O2. The second-order valence-electron chi connectivity index (χ2n) is 7.14. The van der Waals surface area contributed by atoms with Gasteiger partial charge in [-0.05, 0) is 49.3 Å². The predicted molar refractivity (Wildman–Crippen MR) is 90.2 cm³/mol. The molecule has 23 heavy (non-hydrogen) atoms. The summed E-state index contributed by atoms with van der Waals surface area (Å²) in [6.07, 6.45) is 4.76. The molecule has 4 heterocycles. The Bertz CT molecular complexity index is 644. The van der Waals surface area contributed by atoms with Crippen molar-refractivity contribution in [1.82, 2.24) is 4.90 Å². The molecule has 0 aliphatic carbocycles. The average Bonchev–Trinajstić information content (AvgIpc) is 2.88. The Morgan fingerprint density at radius 2 is 2.26 bits per heavy atom. The van der Waals surface area contributed by atoms with Gasteiger partial charge in [-0.2, -0.15) is 0 Å². The quantitative estimate of drug-likeness (QED) is 0.838. The molecule has 4 aliphatic heterocycles. The lowest BCUT2D eigenvalue weighted by atomic mass is 9.63. The van der Waals surface area contributed by atoms with Crippen molar-refractivity contribution >= 4 is 11.6 Å². The van der Waals surface area contributed by atoms with Crippen molar-refractivity contribution in [3.63, 3.8) is 0 Å². The summed E-state index contributed by atoms with van der Waals surface area (Å²) >= 11 is 0. The van der Waals surface area contributed by atoms with Crippen molar-refractivity contribution in [3.05, 3.63) is 42.5 Å². The third-order valence-electron chi connectivity index (χ3n) is 6.24. The topological polar surface area (TPSA) is 52.6 Å². The van der Waals surface area contributed by atoms with E-state index in [0.29, 0.717) is 18.3 Å². The first kappa shape index (κ1) is 14.9. The zero-order valence-electron chi connectivity index (χ0n) is 13.4. The fourth-order valence-corrected chi connectivity index (χ4v) is 5.11. The van der Waals surface area contributed by atoms with Gasteiger partial charge >= 0.3 is 0 Å². The monoisotopic (exact) mass is 312 g/mol. The van der Waals surface area contributed by atoms with E-state index in [2.05, 4.69) is 28.9 Å². The smallest absolute Gasteiger partial charge is 0.236 e. The van der Waals surface area contributed by atoms with E-state index in [1.807, 2.05) is 18.2 Å². The van der Waals surface area contributed by atoms with Crippen LogP contribution in [0.3, 0.4) is 0 Å². The summed E-state index contributed by atoms with van der Waals surface area (Å²) in [6.45, 7) is 6.05. The van der Waals surface area contributed by atoms with Gasteiger partial charge in [0.25, 0.3) is 0 Å². The maximum atomic E-state index is 13.0. The van der Waals surface area contributed by atoms with E-state index in [1.165, 1.54) is 6.42 Å². The molecule has 0 spiro atoms. The minimum absolute atomic E-state index is 0.0294. The van der Waals surface area contributed by atoms with Gasteiger partial charge in [0.05, 0.1) is 5.41 Å². The van der Waals surface area contributed by atoms with Crippen LogP contribution in [0.25, 0.3) is 0 Å². The zero-order valence-corrected chi connectivity index (χ0v) is 13.4. The maximum absolute atomic E-state index is 13.0. The van der Waals surface area contributed by atoms with Crippen molar-refractivity contribution in [2.45, 2.75) is 30.7 Å². The third-order valence-corrected chi connectivity index (χ3v) is 6.24. The minimum atomic E-state index is -0.615. The van der Waals surface area contributed by atoms with Gasteiger partial charge in [-0.1, -0.05) is 24.3 Å². The van der Waals surface area contributed by atoms with E-state index in [-0.39, 0.29) is 18.6 Å². The molecular weight excluding hydrogens is 288 g/mol. The maximum Gasteiger partial charge on any atom is 0.236 e. The number of aliphatic hydroxyl groups excluding tert-OH is 1. The molecule has 1 aromatic rings. The Kier molecular flexibility index (Phi) is 3.54. The van der Waals surface area contributed by atoms with E-state index in [0.717, 1.165) is 30.8 Å². The Morgan fingerprint density at radius 1 is 1.43 bits per heavy atom. The molecule has 2 bridgehead atoms. The number of hydrogen-bond donors (Lipinski definition) is 2. The zero-order chi connectivity index (χ0) is 16.0. The summed E-state index contributed by atoms with van der Waals surface area (Å²) in [7, 11) is 0. The number of carbonyl (C=O) groups excluding carboxylic acids is 1. The van der Waals surface area contributed by atoms with Crippen LogP contribution in [-0.2, 0) is 10.2 Å². The molecule has 1 unspecified atom stereocenters. The highest BCUT2D eigenvalue weighted by molar-refractivity contribution is 6.07. The number of benzene rings is 1. The van der Waals surface area contributed by atoms with Gasteiger partial charge < -0.3 is 10.4 Å². The standard InChI is InChI=1S/C19H24N2O2/c1-2-13-12-21-9-7-14(13)11-17(21)19(8-10-22)15-5-3-4-6-16(15)20-18(19)23/h2-6,13-14,17,22H,1,7-12H2,(H,20,23)/t13-,14-,17-,19-/m0/s1. The molecule has 3 fully saturated rings. The number of carbonyl (C=O) groups is 1. The highest BCUT2D eigenvalue weighted by atomic mass is 16.3. The number of hydrogen-bond acceptors (Lipinski definition) is 3. The Balaban J connectivity index is 1.78. The van der Waals surface area contributed by atoms with Crippen molar-refractivity contribution in [3.8, 4) is 0 Å². The van der Waals surface area contributed by atoms with Crippen LogP contribution in [0.5, 0.6) is 0 Å².